The summed E-state index contributed by atoms with van der Waals surface area (Å²) in [5.41, 5.74) is 6.36. The van der Waals surface area contributed by atoms with Crippen molar-refractivity contribution in [3.63, 3.8) is 0 Å². The molecule has 3 rings (SSSR count). The minimum Gasteiger partial charge on any atom is -0.357 e. The largest absolute Gasteiger partial charge is 0.357 e. The van der Waals surface area contributed by atoms with Crippen LogP contribution < -0.4 is 16.0 Å². The van der Waals surface area contributed by atoms with Gasteiger partial charge in [-0.1, -0.05) is 0 Å². The molecule has 0 radical (unpaired) electrons. The molecule has 0 unspecified atom stereocenters. The van der Waals surface area contributed by atoms with Gasteiger partial charge in [0, 0.05) is 38.9 Å². The van der Waals surface area contributed by atoms with Crippen LogP contribution in [0.5, 0.6) is 0 Å². The van der Waals surface area contributed by atoms with Crippen molar-refractivity contribution in [2.75, 3.05) is 31.1 Å². The second kappa shape index (κ2) is 7.51. The number of piperidine rings is 1. The van der Waals surface area contributed by atoms with E-state index in [1.807, 2.05) is 12.1 Å². The average Bonchev–Trinajstić information content (AvgIpc) is 3.15. The van der Waals surface area contributed by atoms with Gasteiger partial charge in [0.2, 0.25) is 5.91 Å². The number of likely N-dealkylation sites (tertiary alicyclic amines) is 1. The maximum absolute atomic E-state index is 12.4. The lowest BCUT2D eigenvalue weighted by atomic mass is 9.97. The summed E-state index contributed by atoms with van der Waals surface area (Å²) in [4.78, 5) is 31.9. The molecule has 1 aromatic heterocycles. The summed E-state index contributed by atoms with van der Waals surface area (Å²) in [6.45, 7) is 3.64. The highest BCUT2D eigenvalue weighted by Gasteiger charge is 2.27. The summed E-state index contributed by atoms with van der Waals surface area (Å²) in [6.07, 6.45) is 5.83. The van der Waals surface area contributed by atoms with Gasteiger partial charge in [0.25, 0.3) is 0 Å². The molecule has 0 spiro atoms. The fourth-order valence-corrected chi connectivity index (χ4v) is 3.41. The normalized spacial score (nSPS) is 20.9. The number of nitrogens with two attached hydrogens (primary N) is 1. The van der Waals surface area contributed by atoms with Crippen molar-refractivity contribution < 1.29 is 9.59 Å². The Morgan fingerprint density at radius 2 is 2.04 bits per heavy atom. The van der Waals surface area contributed by atoms with Crippen LogP contribution in [-0.4, -0.2) is 48.0 Å². The van der Waals surface area contributed by atoms with Gasteiger partial charge in [-0.15, -0.1) is 0 Å². The van der Waals surface area contributed by atoms with Gasteiger partial charge in [0.15, 0.2) is 0 Å². The zero-order valence-electron chi connectivity index (χ0n) is 13.9. The summed E-state index contributed by atoms with van der Waals surface area (Å²) in [6, 6.07) is 3.52. The van der Waals surface area contributed by atoms with E-state index in [0.717, 1.165) is 37.3 Å². The fraction of sp³-hybridized carbons (Fsp3) is 0.588. The first-order chi connectivity index (χ1) is 11.6. The summed E-state index contributed by atoms with van der Waals surface area (Å²) >= 11 is 0. The first kappa shape index (κ1) is 16.5. The number of aromatic nitrogens is 1. The summed E-state index contributed by atoms with van der Waals surface area (Å²) in [7, 11) is 0. The number of carbonyl (C=O) groups is 2. The number of primary amides is 1. The first-order valence-electron chi connectivity index (χ1n) is 8.65. The van der Waals surface area contributed by atoms with Crippen LogP contribution in [-0.2, 0) is 11.3 Å². The van der Waals surface area contributed by atoms with Gasteiger partial charge < -0.3 is 20.9 Å². The minimum absolute atomic E-state index is 0.0134. The van der Waals surface area contributed by atoms with Gasteiger partial charge in [0.1, 0.15) is 5.82 Å². The highest BCUT2D eigenvalue weighted by molar-refractivity contribution is 5.80. The number of hydrogen-bond acceptors (Lipinski definition) is 4. The third-order valence-electron chi connectivity index (χ3n) is 4.81. The van der Waals surface area contributed by atoms with Gasteiger partial charge in [0.05, 0.1) is 5.92 Å². The second-order valence-corrected chi connectivity index (χ2v) is 6.56. The minimum atomic E-state index is -0.447. The number of hydrogen-bond donors (Lipinski definition) is 2. The molecule has 0 aliphatic carbocycles. The first-order valence-corrected chi connectivity index (χ1v) is 8.65. The Bertz CT molecular complexity index is 600. The lowest BCUT2D eigenvalue weighted by Crippen LogP contribution is -2.47. The monoisotopic (exact) mass is 331 g/mol. The van der Waals surface area contributed by atoms with E-state index in [9.17, 15) is 9.59 Å². The zero-order valence-corrected chi connectivity index (χ0v) is 13.9. The number of nitrogens with zero attached hydrogens (tertiary/aromatic N) is 3. The standard InChI is InChI=1S/C17H25N5O2/c18-17(24)22-9-3-4-14(12-22)16(23)20-11-13-5-6-19-15(10-13)21-7-1-2-8-21/h5-6,10,14H,1-4,7-9,11-12H2,(H2,18,24)(H,20,23)/t14-/m1/s1. The van der Waals surface area contributed by atoms with Gasteiger partial charge in [-0.05, 0) is 43.4 Å². The van der Waals surface area contributed by atoms with Crippen LogP contribution >= 0.6 is 0 Å². The van der Waals surface area contributed by atoms with E-state index in [1.165, 1.54) is 12.8 Å². The molecule has 1 atom stereocenters. The van der Waals surface area contributed by atoms with Crippen molar-refractivity contribution in [3.05, 3.63) is 23.9 Å². The van der Waals surface area contributed by atoms with Gasteiger partial charge in [-0.2, -0.15) is 0 Å². The molecule has 3 amide bonds. The Hall–Kier alpha value is -2.31. The molecule has 2 fully saturated rings. The highest BCUT2D eigenvalue weighted by Crippen LogP contribution is 2.19. The van der Waals surface area contributed by atoms with Crippen molar-refractivity contribution >= 4 is 17.8 Å². The van der Waals surface area contributed by atoms with Crippen LogP contribution in [0.25, 0.3) is 0 Å². The molecular formula is C17H25N5O2. The number of urea groups is 1. The molecule has 2 saturated heterocycles. The van der Waals surface area contributed by atoms with Crippen LogP contribution in [0.15, 0.2) is 18.3 Å². The van der Waals surface area contributed by atoms with Crippen molar-refractivity contribution in [2.45, 2.75) is 32.2 Å². The van der Waals surface area contributed by atoms with E-state index in [4.69, 9.17) is 5.73 Å². The second-order valence-electron chi connectivity index (χ2n) is 6.56. The number of carbonyl (C=O) groups excluding carboxylic acids is 2. The Balaban J connectivity index is 1.54. The molecule has 24 heavy (non-hydrogen) atoms. The SMILES string of the molecule is NC(=O)N1CCC[C@@H](C(=O)NCc2ccnc(N3CCCC3)c2)C1. The maximum atomic E-state index is 12.4. The van der Waals surface area contributed by atoms with Crippen molar-refractivity contribution in [1.82, 2.24) is 15.2 Å². The number of nitrogens with one attached hydrogen (secondary N) is 1. The van der Waals surface area contributed by atoms with E-state index in [-0.39, 0.29) is 11.8 Å². The van der Waals surface area contributed by atoms with E-state index >= 15 is 0 Å². The third kappa shape index (κ3) is 3.96. The van der Waals surface area contributed by atoms with Gasteiger partial charge in [-0.25, -0.2) is 9.78 Å². The zero-order chi connectivity index (χ0) is 16.9. The topological polar surface area (TPSA) is 91.6 Å². The molecule has 7 nitrogen and oxygen atoms in total. The van der Waals surface area contributed by atoms with E-state index < -0.39 is 6.03 Å². The number of anilines is 1. The Kier molecular flexibility index (Phi) is 5.17. The van der Waals surface area contributed by atoms with Crippen LogP contribution in [0.3, 0.4) is 0 Å². The quantitative estimate of drug-likeness (QED) is 0.864. The molecule has 0 aromatic carbocycles. The summed E-state index contributed by atoms with van der Waals surface area (Å²) < 4.78 is 0. The van der Waals surface area contributed by atoms with Crippen molar-refractivity contribution in [1.29, 1.82) is 0 Å². The molecule has 3 heterocycles. The van der Waals surface area contributed by atoms with E-state index in [2.05, 4.69) is 15.2 Å². The Morgan fingerprint density at radius 1 is 1.25 bits per heavy atom. The summed E-state index contributed by atoms with van der Waals surface area (Å²) in [5.74, 6) is 0.795. The molecule has 7 heteroatoms. The van der Waals surface area contributed by atoms with Gasteiger partial charge in [-0.3, -0.25) is 4.79 Å². The Morgan fingerprint density at radius 3 is 2.79 bits per heavy atom. The fourth-order valence-electron chi connectivity index (χ4n) is 3.41. The van der Waals surface area contributed by atoms with Crippen molar-refractivity contribution in [3.8, 4) is 0 Å². The third-order valence-corrected chi connectivity index (χ3v) is 4.81. The predicted octanol–water partition coefficient (Wildman–Crippen LogP) is 1.09. The predicted molar refractivity (Wildman–Crippen MR) is 91.4 cm³/mol. The van der Waals surface area contributed by atoms with Crippen LogP contribution in [0.4, 0.5) is 10.6 Å². The number of pyridine rings is 1. The number of amides is 3. The molecule has 130 valence electrons. The molecule has 0 saturated carbocycles. The van der Waals surface area contributed by atoms with E-state index in [1.54, 1.807) is 11.1 Å². The van der Waals surface area contributed by atoms with Crippen LogP contribution in [0.2, 0.25) is 0 Å². The maximum Gasteiger partial charge on any atom is 0.314 e. The lowest BCUT2D eigenvalue weighted by Gasteiger charge is -2.30. The molecule has 3 N–H and O–H groups in total. The molecule has 0 bridgehead atoms. The average molecular weight is 331 g/mol. The smallest absolute Gasteiger partial charge is 0.314 e. The highest BCUT2D eigenvalue weighted by atomic mass is 16.2. The molecular weight excluding hydrogens is 306 g/mol. The molecule has 2 aliphatic rings. The van der Waals surface area contributed by atoms with Crippen molar-refractivity contribution in [2.24, 2.45) is 11.7 Å². The number of rotatable bonds is 4. The van der Waals surface area contributed by atoms with Gasteiger partial charge >= 0.3 is 6.03 Å². The van der Waals surface area contributed by atoms with E-state index in [0.29, 0.717) is 19.6 Å². The Labute approximate surface area is 142 Å². The lowest BCUT2D eigenvalue weighted by molar-refractivity contribution is -0.126. The molecule has 1 aromatic rings. The molecule has 2 aliphatic heterocycles. The van der Waals surface area contributed by atoms with Crippen LogP contribution in [0.1, 0.15) is 31.2 Å². The summed E-state index contributed by atoms with van der Waals surface area (Å²) in [5, 5.41) is 2.98. The van der Waals surface area contributed by atoms with Crippen LogP contribution in [0, 0.1) is 5.92 Å².